The topological polar surface area (TPSA) is 43.8 Å². The molecule has 1 aromatic heterocycles. The lowest BCUT2D eigenvalue weighted by atomic mass is 10.4. The number of imidazole rings is 1. The van der Waals surface area contributed by atoms with E-state index in [-0.39, 0.29) is 0 Å². The van der Waals surface area contributed by atoms with Gasteiger partial charge in [-0.2, -0.15) is 0 Å². The molecule has 0 saturated carbocycles. The van der Waals surface area contributed by atoms with Gasteiger partial charge in [-0.1, -0.05) is 0 Å². The summed E-state index contributed by atoms with van der Waals surface area (Å²) < 4.78 is 1.97. The highest BCUT2D eigenvalue weighted by molar-refractivity contribution is 5.22. The summed E-state index contributed by atoms with van der Waals surface area (Å²) in [5.41, 5.74) is 5.38. The summed E-state index contributed by atoms with van der Waals surface area (Å²) in [5.74, 6) is 0.587. The van der Waals surface area contributed by atoms with Crippen LogP contribution in [0.3, 0.4) is 0 Å². The lowest BCUT2D eigenvalue weighted by Gasteiger charge is -2.02. The van der Waals surface area contributed by atoms with Crippen LogP contribution in [-0.2, 0) is 0 Å². The van der Waals surface area contributed by atoms with Crippen LogP contribution in [0.5, 0.6) is 0 Å². The molecule has 0 atom stereocenters. The van der Waals surface area contributed by atoms with E-state index in [0.717, 1.165) is 0 Å². The molecule has 0 aliphatic heterocycles. The van der Waals surface area contributed by atoms with Gasteiger partial charge in [0.25, 0.3) is 0 Å². The third-order valence-electron chi connectivity index (χ3n) is 1.22. The van der Waals surface area contributed by atoms with Gasteiger partial charge in [0, 0.05) is 12.2 Å². The number of hydrogen-bond donors (Lipinski definition) is 1. The molecule has 50 valence electrons. The Morgan fingerprint density at radius 1 is 1.67 bits per heavy atom. The molecule has 1 rings (SSSR count). The second-order valence-corrected chi connectivity index (χ2v) is 2.34. The molecule has 0 fully saturated rings. The Morgan fingerprint density at radius 2 is 2.33 bits per heavy atom. The van der Waals surface area contributed by atoms with Crippen molar-refractivity contribution >= 4 is 5.82 Å². The summed E-state index contributed by atoms with van der Waals surface area (Å²) in [7, 11) is 0. The molecule has 0 aliphatic rings. The van der Waals surface area contributed by atoms with Gasteiger partial charge in [0.05, 0.1) is 6.33 Å². The fourth-order valence-corrected chi connectivity index (χ4v) is 0.635. The van der Waals surface area contributed by atoms with E-state index < -0.39 is 0 Å². The first-order valence-electron chi connectivity index (χ1n) is 2.99. The summed E-state index contributed by atoms with van der Waals surface area (Å²) in [6.07, 6.45) is 3.56. The number of nitrogens with zero attached hydrogens (tertiary/aromatic N) is 2. The Bertz CT molecular complexity index is 190. The van der Waals surface area contributed by atoms with Crippen molar-refractivity contribution in [1.82, 2.24) is 9.55 Å². The summed E-state index contributed by atoms with van der Waals surface area (Å²) >= 11 is 0. The first kappa shape index (κ1) is 6.13. The van der Waals surface area contributed by atoms with Crippen molar-refractivity contribution in [3.05, 3.63) is 12.5 Å². The maximum absolute atomic E-state index is 5.38. The minimum absolute atomic E-state index is 0.454. The van der Waals surface area contributed by atoms with Crippen LogP contribution >= 0.6 is 0 Å². The molecule has 9 heavy (non-hydrogen) atoms. The van der Waals surface area contributed by atoms with E-state index >= 15 is 0 Å². The molecule has 2 N–H and O–H groups in total. The molecule has 0 radical (unpaired) electrons. The molecule has 0 unspecified atom stereocenters. The fourth-order valence-electron chi connectivity index (χ4n) is 0.635. The maximum atomic E-state index is 5.38. The van der Waals surface area contributed by atoms with Gasteiger partial charge in [-0.25, -0.2) is 4.98 Å². The predicted molar refractivity (Wildman–Crippen MR) is 37.0 cm³/mol. The number of nitrogens with two attached hydrogens (primary N) is 1. The minimum atomic E-state index is 0.454. The summed E-state index contributed by atoms with van der Waals surface area (Å²) in [5, 5.41) is 0. The van der Waals surface area contributed by atoms with Crippen molar-refractivity contribution in [2.45, 2.75) is 19.9 Å². The molecule has 0 aromatic carbocycles. The van der Waals surface area contributed by atoms with Gasteiger partial charge in [-0.15, -0.1) is 0 Å². The van der Waals surface area contributed by atoms with Gasteiger partial charge in [0.2, 0.25) is 0 Å². The Labute approximate surface area is 54.5 Å². The molecule has 0 aliphatic carbocycles. The van der Waals surface area contributed by atoms with Crippen molar-refractivity contribution in [3.63, 3.8) is 0 Å². The molecule has 0 spiro atoms. The van der Waals surface area contributed by atoms with Crippen LogP contribution in [-0.4, -0.2) is 9.55 Å². The molecule has 1 aromatic rings. The van der Waals surface area contributed by atoms with Gasteiger partial charge in [-0.05, 0) is 13.8 Å². The lowest BCUT2D eigenvalue weighted by Crippen LogP contribution is -1.95. The monoisotopic (exact) mass is 125 g/mol. The molecular weight excluding hydrogens is 114 g/mol. The Hall–Kier alpha value is -0.990. The lowest BCUT2D eigenvalue weighted by molar-refractivity contribution is 0.600. The summed E-state index contributed by atoms with van der Waals surface area (Å²) in [6, 6.07) is 0.454. The smallest absolute Gasteiger partial charge is 0.141 e. The zero-order valence-electron chi connectivity index (χ0n) is 5.70. The second kappa shape index (κ2) is 2.09. The van der Waals surface area contributed by atoms with Crippen molar-refractivity contribution in [1.29, 1.82) is 0 Å². The van der Waals surface area contributed by atoms with E-state index in [2.05, 4.69) is 18.8 Å². The van der Waals surface area contributed by atoms with E-state index in [1.54, 1.807) is 6.33 Å². The number of nitrogen functional groups attached to an aromatic ring is 1. The zero-order chi connectivity index (χ0) is 6.85. The van der Waals surface area contributed by atoms with Gasteiger partial charge < -0.3 is 10.3 Å². The standard InChI is InChI=1S/C6H11N3/c1-5(2)9-3-6(7)8-4-9/h3-5H,7H2,1-2H3. The average Bonchev–Trinajstić information content (AvgIpc) is 2.14. The van der Waals surface area contributed by atoms with E-state index in [1.807, 2.05) is 10.8 Å². The Kier molecular flexibility index (Phi) is 1.42. The highest BCUT2D eigenvalue weighted by Gasteiger charge is 1.95. The number of aromatic nitrogens is 2. The van der Waals surface area contributed by atoms with Crippen molar-refractivity contribution < 1.29 is 0 Å². The van der Waals surface area contributed by atoms with Crippen molar-refractivity contribution in [2.24, 2.45) is 0 Å². The Balaban J connectivity index is 2.85. The van der Waals surface area contributed by atoms with E-state index in [1.165, 1.54) is 0 Å². The third kappa shape index (κ3) is 1.22. The highest BCUT2D eigenvalue weighted by Crippen LogP contribution is 2.04. The minimum Gasteiger partial charge on any atom is -0.382 e. The molecule has 0 bridgehead atoms. The van der Waals surface area contributed by atoms with Crippen LogP contribution in [0.15, 0.2) is 12.5 Å². The molecule has 1 heterocycles. The van der Waals surface area contributed by atoms with Gasteiger partial charge in [0.15, 0.2) is 0 Å². The normalized spacial score (nSPS) is 10.6. The third-order valence-corrected chi connectivity index (χ3v) is 1.22. The predicted octanol–water partition coefficient (Wildman–Crippen LogP) is 1.05. The van der Waals surface area contributed by atoms with Crippen molar-refractivity contribution in [2.75, 3.05) is 5.73 Å². The summed E-state index contributed by atoms with van der Waals surface area (Å²) in [4.78, 5) is 3.88. The molecule has 0 saturated heterocycles. The average molecular weight is 125 g/mol. The first-order valence-corrected chi connectivity index (χ1v) is 2.99. The SMILES string of the molecule is CC(C)n1cnc(N)c1. The van der Waals surface area contributed by atoms with Crippen LogP contribution in [0.4, 0.5) is 5.82 Å². The fraction of sp³-hybridized carbons (Fsp3) is 0.500. The Morgan fingerprint density at radius 3 is 2.56 bits per heavy atom. The van der Waals surface area contributed by atoms with Gasteiger partial charge in [-0.3, -0.25) is 0 Å². The van der Waals surface area contributed by atoms with E-state index in [9.17, 15) is 0 Å². The van der Waals surface area contributed by atoms with E-state index in [0.29, 0.717) is 11.9 Å². The summed E-state index contributed by atoms with van der Waals surface area (Å²) in [6.45, 7) is 4.17. The second-order valence-electron chi connectivity index (χ2n) is 2.34. The number of hydrogen-bond acceptors (Lipinski definition) is 2. The highest BCUT2D eigenvalue weighted by atomic mass is 15.1. The van der Waals surface area contributed by atoms with E-state index in [4.69, 9.17) is 5.73 Å². The molecule has 3 heteroatoms. The van der Waals surface area contributed by atoms with Gasteiger partial charge in [0.1, 0.15) is 5.82 Å². The number of anilines is 1. The largest absolute Gasteiger partial charge is 0.382 e. The maximum Gasteiger partial charge on any atom is 0.141 e. The molecular formula is C6H11N3. The van der Waals surface area contributed by atoms with Crippen LogP contribution < -0.4 is 5.73 Å². The van der Waals surface area contributed by atoms with Gasteiger partial charge >= 0.3 is 0 Å². The molecule has 3 nitrogen and oxygen atoms in total. The van der Waals surface area contributed by atoms with Crippen LogP contribution in [0.25, 0.3) is 0 Å². The van der Waals surface area contributed by atoms with Crippen LogP contribution in [0.2, 0.25) is 0 Å². The quantitative estimate of drug-likeness (QED) is 0.609. The number of rotatable bonds is 1. The molecule has 0 amide bonds. The first-order chi connectivity index (χ1) is 4.20. The van der Waals surface area contributed by atoms with Crippen molar-refractivity contribution in [3.8, 4) is 0 Å². The zero-order valence-corrected chi connectivity index (χ0v) is 5.70. The van der Waals surface area contributed by atoms with Crippen LogP contribution in [0, 0.1) is 0 Å². The van der Waals surface area contributed by atoms with Crippen LogP contribution in [0.1, 0.15) is 19.9 Å².